The van der Waals surface area contributed by atoms with Crippen molar-refractivity contribution < 1.29 is 30.0 Å². The van der Waals surface area contributed by atoms with Crippen molar-refractivity contribution in [3.63, 3.8) is 0 Å². The van der Waals surface area contributed by atoms with Crippen molar-refractivity contribution in [1.29, 1.82) is 0 Å². The number of Topliss-reactive ketones (excluding diaryl/α,β-unsaturated/α-hetero) is 1. The van der Waals surface area contributed by atoms with Gasteiger partial charge in [-0.15, -0.1) is 46.3 Å². The fourth-order valence-electron chi connectivity index (χ4n) is 7.14. The van der Waals surface area contributed by atoms with Crippen molar-refractivity contribution in [1.82, 2.24) is 9.97 Å². The van der Waals surface area contributed by atoms with E-state index in [0.717, 1.165) is 50.1 Å². The molecule has 1 N–H and O–H groups in total. The van der Waals surface area contributed by atoms with Crippen LogP contribution in [0.5, 0.6) is 0 Å². The molecule has 4 aromatic carbocycles. The van der Waals surface area contributed by atoms with E-state index in [1.807, 2.05) is 85.1 Å². The van der Waals surface area contributed by atoms with Gasteiger partial charge in [0.25, 0.3) is 0 Å². The molecule has 1 aliphatic carbocycles. The first-order chi connectivity index (χ1) is 29.7. The molecule has 0 amide bonds. The van der Waals surface area contributed by atoms with Crippen LogP contribution >= 0.6 is 23.1 Å². The molecule has 0 bridgehead atoms. The number of nitrogens with zero attached hydrogens (tertiary/aromatic N) is 2. The average molecular weight is 1030 g/mol. The summed E-state index contributed by atoms with van der Waals surface area (Å²) in [7, 11) is 0. The summed E-state index contributed by atoms with van der Waals surface area (Å²) < 4.78 is 1.26. The van der Waals surface area contributed by atoms with Gasteiger partial charge in [0.05, 0.1) is 6.10 Å². The third-order valence-electron chi connectivity index (χ3n) is 10.5. The molecular weight excluding hydrogens is 977 g/mol. The van der Waals surface area contributed by atoms with Crippen LogP contribution < -0.4 is 0 Å². The number of thioether (sulfide) groups is 1. The number of aliphatic hydroxyl groups excluding tert-OH is 1. The SMILES string of the molecule is C=C(/C=C\C(=C)C(C)CCC1c2ccccc2-c2ccccc21)CCC(O)CC(C)=O.[CH-]=C(Sc1ccccc1)c1ccccn1.[Ir].[c-]1c(-c2ccccn2)sc2ccccc12. The van der Waals surface area contributed by atoms with Gasteiger partial charge in [-0.25, -0.2) is 11.3 Å². The molecule has 8 rings (SSSR count). The van der Waals surface area contributed by atoms with Crippen molar-refractivity contribution >= 4 is 43.9 Å². The number of aromatic nitrogens is 2. The van der Waals surface area contributed by atoms with E-state index in [9.17, 15) is 9.90 Å². The maximum atomic E-state index is 11.1. The second-order valence-corrected chi connectivity index (χ2v) is 17.3. The van der Waals surface area contributed by atoms with Gasteiger partial charge in [-0.3, -0.25) is 11.4 Å². The van der Waals surface area contributed by atoms with Crippen LogP contribution in [-0.4, -0.2) is 27.0 Å². The molecule has 4 nitrogen and oxygen atoms in total. The summed E-state index contributed by atoms with van der Waals surface area (Å²) >= 11 is 3.26. The van der Waals surface area contributed by atoms with Crippen molar-refractivity contribution in [2.45, 2.75) is 62.9 Å². The summed E-state index contributed by atoms with van der Waals surface area (Å²) in [5.41, 5.74) is 9.50. The number of pyridine rings is 2. The largest absolute Gasteiger partial charge is 0.393 e. The van der Waals surface area contributed by atoms with Crippen molar-refractivity contribution in [2.75, 3.05) is 0 Å². The van der Waals surface area contributed by atoms with Crippen LogP contribution in [-0.2, 0) is 24.9 Å². The van der Waals surface area contributed by atoms with Gasteiger partial charge in [0.2, 0.25) is 0 Å². The first-order valence-electron chi connectivity index (χ1n) is 20.7. The number of thiophene rings is 1. The van der Waals surface area contributed by atoms with Crippen LogP contribution in [0.4, 0.5) is 0 Å². The van der Waals surface area contributed by atoms with E-state index >= 15 is 0 Å². The molecule has 0 saturated carbocycles. The molecular formula is C55H52IrN2O2S2-2. The van der Waals surface area contributed by atoms with Gasteiger partial charge in [-0.05, 0) is 94.6 Å². The second kappa shape index (κ2) is 24.4. The van der Waals surface area contributed by atoms with E-state index in [1.54, 1.807) is 17.5 Å². The maximum absolute atomic E-state index is 11.1. The fraction of sp³-hybridized carbons (Fsp3) is 0.182. The minimum atomic E-state index is -0.582. The third-order valence-corrected chi connectivity index (χ3v) is 12.5. The van der Waals surface area contributed by atoms with Crippen molar-refractivity contribution in [3.05, 3.63) is 218 Å². The van der Waals surface area contributed by atoms with Crippen LogP contribution in [0.15, 0.2) is 193 Å². The molecule has 2 unspecified atom stereocenters. The van der Waals surface area contributed by atoms with Crippen molar-refractivity contribution in [3.8, 4) is 21.7 Å². The number of carbonyl (C=O) groups excluding carboxylic acids is 1. The smallest absolute Gasteiger partial charge is 0.132 e. The Balaban J connectivity index is 0.000000194. The first-order valence-corrected chi connectivity index (χ1v) is 22.3. The Morgan fingerprint density at radius 1 is 0.806 bits per heavy atom. The molecule has 1 radical (unpaired) electrons. The van der Waals surface area contributed by atoms with Gasteiger partial charge < -0.3 is 15.1 Å². The number of benzene rings is 4. The van der Waals surface area contributed by atoms with E-state index in [-0.39, 0.29) is 32.3 Å². The summed E-state index contributed by atoms with van der Waals surface area (Å²) in [4.78, 5) is 22.5. The Morgan fingerprint density at radius 3 is 2.05 bits per heavy atom. The molecule has 7 heteroatoms. The minimum Gasteiger partial charge on any atom is -0.393 e. The second-order valence-electron chi connectivity index (χ2n) is 15.1. The number of aliphatic hydroxyl groups is 1. The van der Waals surface area contributed by atoms with Crippen LogP contribution in [0.1, 0.15) is 68.7 Å². The van der Waals surface area contributed by atoms with Crippen LogP contribution in [0.25, 0.3) is 36.7 Å². The summed E-state index contributed by atoms with van der Waals surface area (Å²) in [5, 5.41) is 11.0. The summed E-state index contributed by atoms with van der Waals surface area (Å²) in [6, 6.07) is 50.9. The predicted octanol–water partition coefficient (Wildman–Crippen LogP) is 14.4. The zero-order valence-electron chi connectivity index (χ0n) is 35.2. The van der Waals surface area contributed by atoms with Gasteiger partial charge in [0.15, 0.2) is 0 Å². The topological polar surface area (TPSA) is 63.1 Å². The molecule has 62 heavy (non-hydrogen) atoms. The Bertz CT molecular complexity index is 2490. The van der Waals surface area contributed by atoms with Crippen LogP contribution in [0, 0.1) is 18.6 Å². The van der Waals surface area contributed by atoms with Crippen LogP contribution in [0.2, 0.25) is 0 Å². The number of fused-ring (bicyclic) bond motifs is 4. The molecule has 317 valence electrons. The molecule has 7 aromatic rings. The molecule has 0 aliphatic heterocycles. The number of ketones is 1. The van der Waals surface area contributed by atoms with E-state index in [2.05, 4.69) is 109 Å². The van der Waals surface area contributed by atoms with Crippen LogP contribution in [0.3, 0.4) is 0 Å². The van der Waals surface area contributed by atoms with E-state index in [1.165, 1.54) is 51.0 Å². The fourth-order valence-corrected chi connectivity index (χ4v) is 8.89. The van der Waals surface area contributed by atoms with Gasteiger partial charge in [-0.1, -0.05) is 146 Å². The average Bonchev–Trinajstić information content (AvgIpc) is 3.87. The Labute approximate surface area is 389 Å². The quantitative estimate of drug-likeness (QED) is 0.0630. The van der Waals surface area contributed by atoms with Crippen molar-refractivity contribution in [2.24, 2.45) is 5.92 Å². The molecule has 1 aliphatic rings. The van der Waals surface area contributed by atoms with Gasteiger partial charge in [0.1, 0.15) is 5.78 Å². The Hall–Kier alpha value is -5.27. The Kier molecular flexibility index (Phi) is 18.8. The van der Waals surface area contributed by atoms with E-state index in [4.69, 9.17) is 6.58 Å². The number of allylic oxidation sites excluding steroid dienone is 4. The first kappa shape index (κ1) is 47.8. The van der Waals surface area contributed by atoms with Gasteiger partial charge in [0, 0.05) is 55.4 Å². The number of hydrogen-bond donors (Lipinski definition) is 1. The molecule has 3 aromatic heterocycles. The molecule has 0 spiro atoms. The normalized spacial score (nSPS) is 12.4. The zero-order chi connectivity index (χ0) is 43.0. The number of hydrogen-bond acceptors (Lipinski definition) is 6. The van der Waals surface area contributed by atoms with E-state index < -0.39 is 6.10 Å². The third kappa shape index (κ3) is 13.9. The standard InChI is InChI=1S/C29H34O2.C13H8NS.C13H10NS.Ir/c1-20(14-17-24(31)19-23(4)30)13-15-21(2)22(3)16-18-29-27-11-7-5-9-25(27)26-10-6-8-12-28(26)29;1-2-7-12-10(5-1)9-13(15-12)11-6-3-4-8-14-11;1-11(13-9-5-6-10-14-13)15-12-7-3-2-4-8-12;/h5-13,15,22,24,29,31H,1-2,14,16-19H2,3-4H3;1-8H;1-10H;/q;2*-1;/b15-13-;;;. The molecule has 0 saturated heterocycles. The predicted molar refractivity (Wildman–Crippen MR) is 258 cm³/mol. The maximum Gasteiger partial charge on any atom is 0.132 e. The van der Waals surface area contributed by atoms with E-state index in [0.29, 0.717) is 24.7 Å². The summed E-state index contributed by atoms with van der Waals surface area (Å²) in [5.74, 6) is 0.847. The molecule has 3 heterocycles. The zero-order valence-corrected chi connectivity index (χ0v) is 39.3. The Morgan fingerprint density at radius 2 is 1.42 bits per heavy atom. The van der Waals surface area contributed by atoms with Gasteiger partial charge in [-0.2, -0.15) is 0 Å². The molecule has 2 atom stereocenters. The summed E-state index contributed by atoms with van der Waals surface area (Å²) in [6.45, 7) is 18.0. The number of rotatable bonds is 15. The summed E-state index contributed by atoms with van der Waals surface area (Å²) in [6.07, 6.45) is 10.7. The number of carbonyl (C=O) groups is 1. The van der Waals surface area contributed by atoms with Gasteiger partial charge >= 0.3 is 0 Å². The minimum absolute atomic E-state index is 0. The monoisotopic (exact) mass is 1030 g/mol. The molecule has 0 fully saturated rings.